The van der Waals surface area contributed by atoms with Crippen LogP contribution >= 0.6 is 0 Å². The number of ether oxygens (including phenoxy) is 1. The standard InChI is InChI=1S/C23H28N2O4S/c1-23(2)15-20(19-12-6-7-13-21(19)29-23)24-22(26)17-9-8-14-25(16-17)30(27,28)18-10-4-3-5-11-18/h3-7,10-13,17,20H,8-9,14-16H2,1-2H3,(H,24,26)/t17-,20-/m1/s1. The number of benzene rings is 2. The molecular weight excluding hydrogens is 400 g/mol. The Hall–Kier alpha value is -2.38. The van der Waals surface area contributed by atoms with Crippen molar-refractivity contribution in [3.63, 3.8) is 0 Å². The number of para-hydroxylation sites is 1. The molecule has 0 aromatic heterocycles. The number of fused-ring (bicyclic) bond motifs is 1. The lowest BCUT2D eigenvalue weighted by Gasteiger charge is -2.39. The molecular formula is C23H28N2O4S. The van der Waals surface area contributed by atoms with E-state index in [-0.39, 0.29) is 34.9 Å². The lowest BCUT2D eigenvalue weighted by atomic mass is 9.89. The SMILES string of the molecule is CC1(C)C[C@@H](NC(=O)[C@@H]2CCCN(S(=O)(=O)c3ccccc3)C2)c2ccccc2O1. The number of rotatable bonds is 4. The molecule has 0 radical (unpaired) electrons. The van der Waals surface area contributed by atoms with Crippen LogP contribution in [0.2, 0.25) is 0 Å². The number of carbonyl (C=O) groups excluding carboxylic acids is 1. The third-order valence-corrected chi connectivity index (χ3v) is 7.71. The number of nitrogens with zero attached hydrogens (tertiary/aromatic N) is 1. The Balaban J connectivity index is 1.49. The van der Waals surface area contributed by atoms with Crippen LogP contribution in [-0.4, -0.2) is 37.3 Å². The van der Waals surface area contributed by atoms with E-state index >= 15 is 0 Å². The molecule has 2 heterocycles. The first-order valence-electron chi connectivity index (χ1n) is 10.4. The molecule has 30 heavy (non-hydrogen) atoms. The van der Waals surface area contributed by atoms with Gasteiger partial charge in [0.05, 0.1) is 16.9 Å². The molecule has 2 atom stereocenters. The van der Waals surface area contributed by atoms with Crippen LogP contribution in [0.25, 0.3) is 0 Å². The maximum atomic E-state index is 13.1. The molecule has 0 bridgehead atoms. The van der Waals surface area contributed by atoms with Gasteiger partial charge in [0, 0.05) is 25.1 Å². The van der Waals surface area contributed by atoms with Crippen molar-refractivity contribution in [3.8, 4) is 5.75 Å². The summed E-state index contributed by atoms with van der Waals surface area (Å²) in [6.07, 6.45) is 2.01. The molecule has 7 heteroatoms. The number of nitrogens with one attached hydrogen (secondary N) is 1. The van der Waals surface area contributed by atoms with Gasteiger partial charge >= 0.3 is 0 Å². The highest BCUT2D eigenvalue weighted by Gasteiger charge is 2.37. The van der Waals surface area contributed by atoms with Gasteiger partial charge in [0.1, 0.15) is 11.4 Å². The highest BCUT2D eigenvalue weighted by Crippen LogP contribution is 2.39. The van der Waals surface area contributed by atoms with Gasteiger partial charge < -0.3 is 10.1 Å². The van der Waals surface area contributed by atoms with E-state index in [4.69, 9.17) is 4.74 Å². The topological polar surface area (TPSA) is 75.7 Å². The summed E-state index contributed by atoms with van der Waals surface area (Å²) in [5.74, 6) is 0.326. The summed E-state index contributed by atoms with van der Waals surface area (Å²) in [5, 5.41) is 3.17. The third-order valence-electron chi connectivity index (χ3n) is 5.83. The van der Waals surface area contributed by atoms with Crippen LogP contribution in [0.1, 0.15) is 44.7 Å². The molecule has 0 unspecified atom stereocenters. The van der Waals surface area contributed by atoms with E-state index < -0.39 is 10.0 Å². The average molecular weight is 429 g/mol. The first kappa shape index (κ1) is 20.9. The zero-order valence-electron chi connectivity index (χ0n) is 17.4. The summed E-state index contributed by atoms with van der Waals surface area (Å²) < 4.78 is 33.4. The van der Waals surface area contributed by atoms with Crippen LogP contribution in [0, 0.1) is 5.92 Å². The first-order chi connectivity index (χ1) is 14.3. The Labute approximate surface area is 178 Å². The predicted molar refractivity (Wildman–Crippen MR) is 115 cm³/mol. The van der Waals surface area contributed by atoms with Gasteiger partial charge in [0.25, 0.3) is 0 Å². The lowest BCUT2D eigenvalue weighted by molar-refractivity contribution is -0.127. The lowest BCUT2D eigenvalue weighted by Crippen LogP contribution is -2.47. The number of amides is 1. The molecule has 1 fully saturated rings. The molecule has 2 aliphatic rings. The Morgan fingerprint density at radius 2 is 1.80 bits per heavy atom. The van der Waals surface area contributed by atoms with Crippen LogP contribution in [0.4, 0.5) is 0 Å². The van der Waals surface area contributed by atoms with Crippen LogP contribution in [0.5, 0.6) is 5.75 Å². The molecule has 1 saturated heterocycles. The first-order valence-corrected chi connectivity index (χ1v) is 11.8. The minimum Gasteiger partial charge on any atom is -0.487 e. The van der Waals surface area contributed by atoms with Gasteiger partial charge in [-0.2, -0.15) is 4.31 Å². The van der Waals surface area contributed by atoms with Crippen LogP contribution in [-0.2, 0) is 14.8 Å². The fourth-order valence-electron chi connectivity index (χ4n) is 4.34. The van der Waals surface area contributed by atoms with Crippen molar-refractivity contribution in [2.24, 2.45) is 5.92 Å². The quantitative estimate of drug-likeness (QED) is 0.809. The molecule has 1 amide bonds. The van der Waals surface area contributed by atoms with Crippen molar-refractivity contribution in [2.75, 3.05) is 13.1 Å². The van der Waals surface area contributed by atoms with Gasteiger partial charge in [-0.15, -0.1) is 0 Å². The summed E-state index contributed by atoms with van der Waals surface area (Å²) in [6.45, 7) is 4.67. The molecule has 0 spiro atoms. The number of carbonyl (C=O) groups is 1. The van der Waals surface area contributed by atoms with Crippen molar-refractivity contribution in [2.45, 2.75) is 49.6 Å². The second kappa shape index (κ2) is 8.04. The summed E-state index contributed by atoms with van der Waals surface area (Å²) in [7, 11) is -3.60. The van der Waals surface area contributed by atoms with E-state index in [2.05, 4.69) is 5.32 Å². The van der Waals surface area contributed by atoms with Gasteiger partial charge in [-0.25, -0.2) is 8.42 Å². The normalized spacial score (nSPS) is 23.8. The molecule has 2 aliphatic heterocycles. The zero-order valence-corrected chi connectivity index (χ0v) is 18.2. The van der Waals surface area contributed by atoms with Crippen LogP contribution < -0.4 is 10.1 Å². The predicted octanol–water partition coefficient (Wildman–Crippen LogP) is 3.51. The second-order valence-corrected chi connectivity index (χ2v) is 10.6. The maximum absolute atomic E-state index is 13.1. The van der Waals surface area contributed by atoms with Crippen molar-refractivity contribution in [1.29, 1.82) is 0 Å². The van der Waals surface area contributed by atoms with Gasteiger partial charge in [-0.05, 0) is 44.9 Å². The number of piperidine rings is 1. The van der Waals surface area contributed by atoms with Gasteiger partial charge in [0.2, 0.25) is 15.9 Å². The largest absolute Gasteiger partial charge is 0.487 e. The molecule has 2 aromatic carbocycles. The van der Waals surface area contributed by atoms with Gasteiger partial charge in [0.15, 0.2) is 0 Å². The van der Waals surface area contributed by atoms with E-state index in [0.29, 0.717) is 25.8 Å². The second-order valence-electron chi connectivity index (χ2n) is 8.68. The minimum absolute atomic E-state index is 0.0968. The van der Waals surface area contributed by atoms with Gasteiger partial charge in [-0.1, -0.05) is 36.4 Å². The minimum atomic E-state index is -3.60. The van der Waals surface area contributed by atoms with E-state index in [0.717, 1.165) is 11.3 Å². The van der Waals surface area contributed by atoms with Gasteiger partial charge in [-0.3, -0.25) is 4.79 Å². The fourth-order valence-corrected chi connectivity index (χ4v) is 5.88. The Kier molecular flexibility index (Phi) is 5.59. The maximum Gasteiger partial charge on any atom is 0.243 e. The summed E-state index contributed by atoms with van der Waals surface area (Å²) >= 11 is 0. The molecule has 4 rings (SSSR count). The zero-order chi connectivity index (χ0) is 21.4. The molecule has 6 nitrogen and oxygen atoms in total. The smallest absolute Gasteiger partial charge is 0.243 e. The third kappa shape index (κ3) is 4.23. The summed E-state index contributed by atoms with van der Waals surface area (Å²) in [5.41, 5.74) is 0.580. The summed E-state index contributed by atoms with van der Waals surface area (Å²) in [6, 6.07) is 16.0. The summed E-state index contributed by atoms with van der Waals surface area (Å²) in [4.78, 5) is 13.4. The monoisotopic (exact) mass is 428 g/mol. The fraction of sp³-hybridized carbons (Fsp3) is 0.435. The van der Waals surface area contributed by atoms with E-state index in [1.165, 1.54) is 4.31 Å². The molecule has 0 saturated carbocycles. The number of sulfonamides is 1. The van der Waals surface area contributed by atoms with E-state index in [9.17, 15) is 13.2 Å². The van der Waals surface area contributed by atoms with Crippen molar-refractivity contribution in [1.82, 2.24) is 9.62 Å². The van der Waals surface area contributed by atoms with Crippen molar-refractivity contribution >= 4 is 15.9 Å². The van der Waals surface area contributed by atoms with Crippen molar-refractivity contribution < 1.29 is 17.9 Å². The molecule has 0 aliphatic carbocycles. The average Bonchev–Trinajstić information content (AvgIpc) is 2.73. The highest BCUT2D eigenvalue weighted by atomic mass is 32.2. The van der Waals surface area contributed by atoms with Crippen LogP contribution in [0.15, 0.2) is 59.5 Å². The molecule has 160 valence electrons. The Morgan fingerprint density at radius 3 is 2.57 bits per heavy atom. The van der Waals surface area contributed by atoms with Crippen LogP contribution in [0.3, 0.4) is 0 Å². The van der Waals surface area contributed by atoms with E-state index in [1.54, 1.807) is 30.3 Å². The number of hydrogen-bond donors (Lipinski definition) is 1. The van der Waals surface area contributed by atoms with Crippen molar-refractivity contribution in [3.05, 3.63) is 60.2 Å². The molecule has 2 aromatic rings. The Morgan fingerprint density at radius 1 is 1.10 bits per heavy atom. The Bertz CT molecular complexity index is 1020. The highest BCUT2D eigenvalue weighted by molar-refractivity contribution is 7.89. The number of hydrogen-bond acceptors (Lipinski definition) is 4. The molecule has 1 N–H and O–H groups in total. The van der Waals surface area contributed by atoms with E-state index in [1.807, 2.05) is 38.1 Å².